The van der Waals surface area contributed by atoms with E-state index in [0.717, 1.165) is 10.0 Å². The van der Waals surface area contributed by atoms with Gasteiger partial charge < -0.3 is 14.8 Å². The van der Waals surface area contributed by atoms with Crippen LogP contribution in [0.3, 0.4) is 0 Å². The first-order valence-electron chi connectivity index (χ1n) is 6.13. The Balaban J connectivity index is 2.07. The number of hydrogen-bond donors (Lipinski definition) is 1. The maximum Gasteiger partial charge on any atom is 0.219 e. The van der Waals surface area contributed by atoms with Crippen LogP contribution in [0.1, 0.15) is 11.4 Å². The number of hydrogen-bond acceptors (Lipinski definition) is 5. The molecule has 0 atom stereocenters. The van der Waals surface area contributed by atoms with E-state index in [0.29, 0.717) is 30.7 Å². The molecule has 5 nitrogen and oxygen atoms in total. The van der Waals surface area contributed by atoms with Crippen molar-refractivity contribution in [1.29, 1.82) is 0 Å². The Morgan fingerprint density at radius 3 is 2.55 bits per heavy atom. The van der Waals surface area contributed by atoms with E-state index in [9.17, 15) is 0 Å². The zero-order valence-electron chi connectivity index (χ0n) is 11.4. The summed E-state index contributed by atoms with van der Waals surface area (Å²) < 4.78 is 11.8. The molecule has 0 aliphatic heterocycles. The van der Waals surface area contributed by atoms with Gasteiger partial charge in [0, 0.05) is 24.7 Å². The summed E-state index contributed by atoms with van der Waals surface area (Å²) in [6.07, 6.45) is 0. The third kappa shape index (κ3) is 4.18. The first kappa shape index (κ1) is 14.7. The molecule has 1 heterocycles. The maximum absolute atomic E-state index is 5.70. The average molecular weight is 338 g/mol. The molecule has 0 spiro atoms. The molecular weight excluding hydrogens is 322 g/mol. The SMILES string of the molecule is CNc1cc(OCc2ccc(Br)cc2)nc(COC)n1. The fourth-order valence-electron chi connectivity index (χ4n) is 1.61. The van der Waals surface area contributed by atoms with Gasteiger partial charge in [-0.25, -0.2) is 4.98 Å². The molecule has 0 fully saturated rings. The molecule has 0 amide bonds. The van der Waals surface area contributed by atoms with E-state index in [1.165, 1.54) is 0 Å². The van der Waals surface area contributed by atoms with Crippen LogP contribution in [0.15, 0.2) is 34.8 Å². The lowest BCUT2D eigenvalue weighted by atomic mass is 10.2. The molecule has 2 rings (SSSR count). The lowest BCUT2D eigenvalue weighted by Crippen LogP contribution is -2.05. The van der Waals surface area contributed by atoms with Crippen molar-refractivity contribution in [1.82, 2.24) is 9.97 Å². The van der Waals surface area contributed by atoms with E-state index < -0.39 is 0 Å². The highest BCUT2D eigenvalue weighted by molar-refractivity contribution is 9.10. The van der Waals surface area contributed by atoms with Crippen LogP contribution in [0.25, 0.3) is 0 Å². The quantitative estimate of drug-likeness (QED) is 0.878. The largest absolute Gasteiger partial charge is 0.473 e. The number of anilines is 1. The van der Waals surface area contributed by atoms with E-state index in [-0.39, 0.29) is 0 Å². The minimum absolute atomic E-state index is 0.351. The van der Waals surface area contributed by atoms with Crippen molar-refractivity contribution in [2.75, 3.05) is 19.5 Å². The summed E-state index contributed by atoms with van der Waals surface area (Å²) in [5.74, 6) is 1.82. The standard InChI is InChI=1S/C14H16BrN3O2/c1-16-12-7-14(18-13(17-12)9-19-2)20-8-10-3-5-11(15)6-4-10/h3-7H,8-9H2,1-2H3,(H,16,17,18). The van der Waals surface area contributed by atoms with Gasteiger partial charge in [0.15, 0.2) is 5.82 Å². The van der Waals surface area contributed by atoms with Gasteiger partial charge in [0.2, 0.25) is 5.88 Å². The van der Waals surface area contributed by atoms with Gasteiger partial charge in [0.05, 0.1) is 0 Å². The molecule has 1 aromatic carbocycles. The topological polar surface area (TPSA) is 56.3 Å². The van der Waals surface area contributed by atoms with Crippen molar-refractivity contribution >= 4 is 21.7 Å². The third-order valence-corrected chi connectivity index (χ3v) is 3.11. The van der Waals surface area contributed by atoms with Gasteiger partial charge in [0.1, 0.15) is 19.0 Å². The van der Waals surface area contributed by atoms with Crippen molar-refractivity contribution in [2.45, 2.75) is 13.2 Å². The molecule has 2 aromatic rings. The van der Waals surface area contributed by atoms with Gasteiger partial charge in [0.25, 0.3) is 0 Å². The second-order valence-electron chi connectivity index (χ2n) is 4.11. The molecule has 20 heavy (non-hydrogen) atoms. The number of benzene rings is 1. The predicted molar refractivity (Wildman–Crippen MR) is 80.8 cm³/mol. The highest BCUT2D eigenvalue weighted by atomic mass is 79.9. The summed E-state index contributed by atoms with van der Waals surface area (Å²) in [5.41, 5.74) is 1.08. The summed E-state index contributed by atoms with van der Waals surface area (Å²) in [6.45, 7) is 0.810. The summed E-state index contributed by atoms with van der Waals surface area (Å²) in [5, 5.41) is 2.98. The summed E-state index contributed by atoms with van der Waals surface area (Å²) in [7, 11) is 3.41. The molecule has 0 saturated carbocycles. The molecule has 6 heteroatoms. The zero-order chi connectivity index (χ0) is 14.4. The predicted octanol–water partition coefficient (Wildman–Crippen LogP) is 3.01. The van der Waals surface area contributed by atoms with Crippen molar-refractivity contribution in [3.05, 3.63) is 46.2 Å². The Morgan fingerprint density at radius 1 is 1.15 bits per heavy atom. The molecule has 106 valence electrons. The van der Waals surface area contributed by atoms with Gasteiger partial charge in [-0.2, -0.15) is 4.98 Å². The number of rotatable bonds is 6. The van der Waals surface area contributed by atoms with Crippen molar-refractivity contribution in [3.8, 4) is 5.88 Å². The van der Waals surface area contributed by atoms with E-state index in [1.807, 2.05) is 24.3 Å². The lowest BCUT2D eigenvalue weighted by Gasteiger charge is -2.09. The lowest BCUT2D eigenvalue weighted by molar-refractivity contribution is 0.176. The molecule has 0 saturated heterocycles. The van der Waals surface area contributed by atoms with Crippen LogP contribution in [-0.4, -0.2) is 24.1 Å². The Kier molecular flexibility index (Phi) is 5.31. The molecular formula is C14H16BrN3O2. The van der Waals surface area contributed by atoms with Crippen LogP contribution in [0.2, 0.25) is 0 Å². The van der Waals surface area contributed by atoms with Crippen LogP contribution >= 0.6 is 15.9 Å². The minimum atomic E-state index is 0.351. The monoisotopic (exact) mass is 337 g/mol. The van der Waals surface area contributed by atoms with Crippen LogP contribution in [0.5, 0.6) is 5.88 Å². The van der Waals surface area contributed by atoms with E-state index in [2.05, 4.69) is 31.2 Å². The van der Waals surface area contributed by atoms with E-state index in [4.69, 9.17) is 9.47 Å². The van der Waals surface area contributed by atoms with Crippen molar-refractivity contribution in [2.24, 2.45) is 0 Å². The molecule has 0 aliphatic carbocycles. The minimum Gasteiger partial charge on any atom is -0.473 e. The van der Waals surface area contributed by atoms with Gasteiger partial charge >= 0.3 is 0 Å². The highest BCUT2D eigenvalue weighted by Gasteiger charge is 2.05. The molecule has 1 N–H and O–H groups in total. The number of halogens is 1. The third-order valence-electron chi connectivity index (χ3n) is 2.58. The normalized spacial score (nSPS) is 10.3. The van der Waals surface area contributed by atoms with Crippen molar-refractivity contribution in [3.63, 3.8) is 0 Å². The van der Waals surface area contributed by atoms with Crippen LogP contribution in [0.4, 0.5) is 5.82 Å². The summed E-state index contributed by atoms with van der Waals surface area (Å²) in [4.78, 5) is 8.57. The first-order chi connectivity index (χ1) is 9.71. The van der Waals surface area contributed by atoms with Crippen LogP contribution < -0.4 is 10.1 Å². The average Bonchev–Trinajstić information content (AvgIpc) is 2.47. The fourth-order valence-corrected chi connectivity index (χ4v) is 1.87. The Hall–Kier alpha value is -1.66. The van der Waals surface area contributed by atoms with Gasteiger partial charge in [-0.3, -0.25) is 0 Å². The van der Waals surface area contributed by atoms with Crippen LogP contribution in [0, 0.1) is 0 Å². The van der Waals surface area contributed by atoms with E-state index in [1.54, 1.807) is 20.2 Å². The number of ether oxygens (including phenoxy) is 2. The fraction of sp³-hybridized carbons (Fsp3) is 0.286. The molecule has 1 aromatic heterocycles. The Morgan fingerprint density at radius 2 is 1.90 bits per heavy atom. The number of methoxy groups -OCH3 is 1. The molecule has 0 bridgehead atoms. The van der Waals surface area contributed by atoms with E-state index >= 15 is 0 Å². The molecule has 0 aliphatic rings. The van der Waals surface area contributed by atoms with Gasteiger partial charge in [-0.1, -0.05) is 28.1 Å². The maximum atomic E-state index is 5.70. The van der Waals surface area contributed by atoms with Gasteiger partial charge in [-0.15, -0.1) is 0 Å². The number of aromatic nitrogens is 2. The molecule has 0 radical (unpaired) electrons. The zero-order valence-corrected chi connectivity index (χ0v) is 13.0. The number of nitrogens with one attached hydrogen (secondary N) is 1. The van der Waals surface area contributed by atoms with Crippen molar-refractivity contribution < 1.29 is 9.47 Å². The molecule has 0 unspecified atom stereocenters. The Labute approximate surface area is 126 Å². The second kappa shape index (κ2) is 7.21. The smallest absolute Gasteiger partial charge is 0.219 e. The van der Waals surface area contributed by atoms with Gasteiger partial charge in [-0.05, 0) is 17.7 Å². The summed E-state index contributed by atoms with van der Waals surface area (Å²) >= 11 is 3.40. The van der Waals surface area contributed by atoms with Crippen LogP contribution in [-0.2, 0) is 18.0 Å². The highest BCUT2D eigenvalue weighted by Crippen LogP contribution is 2.16. The summed E-state index contributed by atoms with van der Waals surface area (Å²) in [6, 6.07) is 9.72. The first-order valence-corrected chi connectivity index (χ1v) is 6.92. The number of nitrogens with zero attached hydrogens (tertiary/aromatic N) is 2. The second-order valence-corrected chi connectivity index (χ2v) is 5.02. The Bertz CT molecular complexity index is 561.